The van der Waals surface area contributed by atoms with Gasteiger partial charge in [0.2, 0.25) is 10.0 Å². The fraction of sp³-hybridized carbons (Fsp3) is 0.316. The van der Waals surface area contributed by atoms with E-state index in [0.717, 1.165) is 6.07 Å². The van der Waals surface area contributed by atoms with Gasteiger partial charge < -0.3 is 14.7 Å². The van der Waals surface area contributed by atoms with E-state index >= 15 is 0 Å². The number of nitro groups is 1. The van der Waals surface area contributed by atoms with E-state index in [4.69, 9.17) is 9.88 Å². The maximum absolute atomic E-state index is 12.6. The zero-order valence-corrected chi connectivity index (χ0v) is 16.6. The molecule has 2 aliphatic heterocycles. The summed E-state index contributed by atoms with van der Waals surface area (Å²) in [4.78, 5) is 24.9. The molecular weight excluding hydrogens is 414 g/mol. The maximum Gasteiger partial charge on any atom is 0.293 e. The summed E-state index contributed by atoms with van der Waals surface area (Å²) in [6.07, 6.45) is 1.05. The van der Waals surface area contributed by atoms with Crippen LogP contribution < -0.4 is 14.8 Å². The first-order valence-corrected chi connectivity index (χ1v) is 10.7. The van der Waals surface area contributed by atoms with Gasteiger partial charge in [-0.15, -0.1) is 0 Å². The van der Waals surface area contributed by atoms with Gasteiger partial charge in [-0.2, -0.15) is 0 Å². The number of Topliss-reactive ketones (excluding diaryl/α,β-unsaturated/α-hetero) is 1. The highest BCUT2D eigenvalue weighted by atomic mass is 32.2. The number of sulfonamides is 1. The molecule has 30 heavy (non-hydrogen) atoms. The van der Waals surface area contributed by atoms with E-state index in [1.165, 1.54) is 30.3 Å². The van der Waals surface area contributed by atoms with E-state index in [-0.39, 0.29) is 34.2 Å². The normalized spacial score (nSPS) is 18.0. The lowest BCUT2D eigenvalue weighted by Gasteiger charge is -2.44. The number of nitrogens with zero attached hydrogens (tertiary/aromatic N) is 2. The van der Waals surface area contributed by atoms with Crippen LogP contribution in [-0.2, 0) is 10.0 Å². The minimum atomic E-state index is -4.07. The van der Waals surface area contributed by atoms with Crippen molar-refractivity contribution in [1.29, 1.82) is 0 Å². The van der Waals surface area contributed by atoms with E-state index in [1.807, 2.05) is 0 Å². The fourth-order valence-corrected chi connectivity index (χ4v) is 4.54. The molecule has 158 valence electrons. The van der Waals surface area contributed by atoms with Gasteiger partial charge in [0.25, 0.3) is 5.69 Å². The molecule has 4 rings (SSSR count). The first-order valence-electron chi connectivity index (χ1n) is 9.19. The van der Waals surface area contributed by atoms with E-state index in [2.05, 4.69) is 0 Å². The van der Waals surface area contributed by atoms with Gasteiger partial charge in [-0.1, -0.05) is 0 Å². The number of aromatic hydroxyl groups is 1. The minimum Gasteiger partial charge on any atom is -0.508 e. The molecule has 0 unspecified atom stereocenters. The topological polar surface area (TPSA) is 153 Å². The highest BCUT2D eigenvalue weighted by molar-refractivity contribution is 7.89. The summed E-state index contributed by atoms with van der Waals surface area (Å²) < 4.78 is 29.2. The van der Waals surface area contributed by atoms with E-state index in [0.29, 0.717) is 37.2 Å². The van der Waals surface area contributed by atoms with Crippen LogP contribution in [0, 0.1) is 10.1 Å². The van der Waals surface area contributed by atoms with Crippen LogP contribution in [0.3, 0.4) is 0 Å². The second-order valence-electron chi connectivity index (χ2n) is 7.51. The number of hydrogen-bond acceptors (Lipinski definition) is 8. The van der Waals surface area contributed by atoms with Crippen LogP contribution in [0.25, 0.3) is 0 Å². The number of phenolic OH excluding ortho intramolecular Hbond substituents is 1. The maximum atomic E-state index is 12.6. The van der Waals surface area contributed by atoms with Crippen molar-refractivity contribution < 1.29 is 28.0 Å². The number of fused-ring (bicyclic) bond motifs is 1. The monoisotopic (exact) mass is 433 g/mol. The zero-order chi connectivity index (χ0) is 21.7. The average Bonchev–Trinajstić information content (AvgIpc) is 2.67. The van der Waals surface area contributed by atoms with Crippen LogP contribution in [0.1, 0.15) is 29.6 Å². The molecule has 0 radical (unpaired) electrons. The molecule has 2 heterocycles. The van der Waals surface area contributed by atoms with Crippen molar-refractivity contribution in [3.8, 4) is 11.5 Å². The third-order valence-electron chi connectivity index (χ3n) is 5.56. The Morgan fingerprint density at radius 2 is 1.87 bits per heavy atom. The van der Waals surface area contributed by atoms with Crippen molar-refractivity contribution in [3.05, 3.63) is 52.1 Å². The van der Waals surface area contributed by atoms with E-state index in [1.54, 1.807) is 4.90 Å². The molecule has 0 bridgehead atoms. The van der Waals surface area contributed by atoms with Crippen molar-refractivity contribution in [3.63, 3.8) is 0 Å². The molecule has 0 aliphatic carbocycles. The number of ether oxygens (including phenoxy) is 1. The van der Waals surface area contributed by atoms with Gasteiger partial charge in [-0.05, 0) is 24.3 Å². The van der Waals surface area contributed by atoms with Crippen LogP contribution in [-0.4, -0.2) is 42.9 Å². The van der Waals surface area contributed by atoms with Gasteiger partial charge in [-0.3, -0.25) is 14.9 Å². The Morgan fingerprint density at radius 3 is 2.50 bits per heavy atom. The van der Waals surface area contributed by atoms with Crippen LogP contribution in [0.15, 0.2) is 41.3 Å². The third kappa shape index (κ3) is 3.57. The van der Waals surface area contributed by atoms with Crippen LogP contribution in [0.2, 0.25) is 0 Å². The molecule has 0 amide bonds. The molecular formula is C19H19N3O7S. The predicted molar refractivity (Wildman–Crippen MR) is 106 cm³/mol. The Bertz CT molecular complexity index is 1150. The van der Waals surface area contributed by atoms with Crippen molar-refractivity contribution in [2.75, 3.05) is 18.0 Å². The number of nitrogens with two attached hydrogens (primary N) is 1. The number of phenols is 1. The van der Waals surface area contributed by atoms with Crippen LogP contribution >= 0.6 is 0 Å². The van der Waals surface area contributed by atoms with Gasteiger partial charge in [0.1, 0.15) is 22.8 Å². The number of carbonyl (C=O) groups is 1. The number of nitro benzene ring substituents is 1. The number of benzene rings is 2. The second-order valence-corrected chi connectivity index (χ2v) is 9.07. The number of rotatable bonds is 3. The minimum absolute atomic E-state index is 0.00149. The first kappa shape index (κ1) is 20.1. The van der Waals surface area contributed by atoms with Crippen LogP contribution in [0.4, 0.5) is 11.4 Å². The quantitative estimate of drug-likeness (QED) is 0.550. The summed E-state index contributed by atoms with van der Waals surface area (Å²) in [6, 6.07) is 7.94. The lowest BCUT2D eigenvalue weighted by molar-refractivity contribution is -0.384. The molecule has 1 saturated heterocycles. The summed E-state index contributed by atoms with van der Waals surface area (Å²) >= 11 is 0. The van der Waals surface area contributed by atoms with Crippen molar-refractivity contribution in [2.24, 2.45) is 5.14 Å². The molecule has 2 aromatic rings. The summed E-state index contributed by atoms with van der Waals surface area (Å²) in [5, 5.41) is 26.3. The molecule has 1 spiro atoms. The zero-order valence-electron chi connectivity index (χ0n) is 15.8. The third-order valence-corrected chi connectivity index (χ3v) is 6.47. The molecule has 2 aliphatic rings. The largest absolute Gasteiger partial charge is 0.508 e. The summed E-state index contributed by atoms with van der Waals surface area (Å²) in [7, 11) is -4.07. The standard InChI is InChI=1S/C19H19N3O7S/c20-30(27,28)13-2-4-15(16(10-13)22(25)26)21-7-5-19(6-8-21)11-17(24)14-3-1-12(23)9-18(14)29-19/h1-4,9-10,23H,5-8,11H2,(H2,20,27,28). The highest BCUT2D eigenvalue weighted by Crippen LogP contribution is 2.42. The lowest BCUT2D eigenvalue weighted by Crippen LogP contribution is -2.51. The second kappa shape index (κ2) is 6.96. The highest BCUT2D eigenvalue weighted by Gasteiger charge is 2.43. The summed E-state index contributed by atoms with van der Waals surface area (Å²) in [5.74, 6) is 0.262. The summed E-state index contributed by atoms with van der Waals surface area (Å²) in [5.41, 5.74) is -0.394. The Balaban J connectivity index is 1.58. The molecule has 11 heteroatoms. The van der Waals surface area contributed by atoms with Gasteiger partial charge in [0, 0.05) is 38.1 Å². The molecule has 0 saturated carbocycles. The number of carbonyl (C=O) groups excluding carboxylic acids is 1. The van der Waals surface area contributed by atoms with Gasteiger partial charge in [0.15, 0.2) is 5.78 Å². The number of primary sulfonamides is 1. The van der Waals surface area contributed by atoms with Crippen molar-refractivity contribution in [2.45, 2.75) is 29.8 Å². The number of anilines is 1. The predicted octanol–water partition coefficient (Wildman–Crippen LogP) is 1.95. The Hall–Kier alpha value is -3.18. The molecule has 10 nitrogen and oxygen atoms in total. The Kier molecular flexibility index (Phi) is 4.66. The van der Waals surface area contributed by atoms with E-state index in [9.17, 15) is 28.4 Å². The molecule has 0 atom stereocenters. The Morgan fingerprint density at radius 1 is 1.17 bits per heavy atom. The van der Waals surface area contributed by atoms with E-state index < -0.39 is 20.5 Å². The fourth-order valence-electron chi connectivity index (χ4n) is 4.01. The molecule has 2 aromatic carbocycles. The molecule has 3 N–H and O–H groups in total. The smallest absolute Gasteiger partial charge is 0.293 e. The number of piperidine rings is 1. The molecule has 0 aromatic heterocycles. The van der Waals surface area contributed by atoms with Crippen LogP contribution in [0.5, 0.6) is 11.5 Å². The van der Waals surface area contributed by atoms with Gasteiger partial charge in [0.05, 0.1) is 21.8 Å². The van der Waals surface area contributed by atoms with Crippen molar-refractivity contribution >= 4 is 27.2 Å². The van der Waals surface area contributed by atoms with Crippen molar-refractivity contribution in [1.82, 2.24) is 0 Å². The SMILES string of the molecule is NS(=O)(=O)c1ccc(N2CCC3(CC2)CC(=O)c2ccc(O)cc2O3)c([N+](=O)[O-])c1. The van der Waals surface area contributed by atoms with Gasteiger partial charge >= 0.3 is 0 Å². The average molecular weight is 433 g/mol. The lowest BCUT2D eigenvalue weighted by atomic mass is 9.82. The summed E-state index contributed by atoms with van der Waals surface area (Å²) in [6.45, 7) is 0.744. The number of ketones is 1. The number of hydrogen-bond donors (Lipinski definition) is 2. The first-order chi connectivity index (χ1) is 14.1. The Labute approximate surface area is 172 Å². The molecule has 1 fully saturated rings. The van der Waals surface area contributed by atoms with Gasteiger partial charge in [-0.25, -0.2) is 13.6 Å².